The molecule has 1 rings (SSSR count). The minimum atomic E-state index is -0.522. The fourth-order valence-electron chi connectivity index (χ4n) is 1.77. The van der Waals surface area contributed by atoms with E-state index in [1.165, 1.54) is 24.1 Å². The molecule has 7 heteroatoms. The number of methoxy groups -OCH3 is 1. The summed E-state index contributed by atoms with van der Waals surface area (Å²) in [5.41, 5.74) is 0.889. The summed E-state index contributed by atoms with van der Waals surface area (Å²) in [6, 6.07) is 4.22. The zero-order valence-electron chi connectivity index (χ0n) is 11.6. The van der Waals surface area contributed by atoms with E-state index < -0.39 is 4.92 Å². The lowest BCUT2D eigenvalue weighted by molar-refractivity contribution is -0.384. The number of non-ortho nitro benzene ring substituents is 1. The van der Waals surface area contributed by atoms with Crippen LogP contribution in [0.25, 0.3) is 0 Å². The third kappa shape index (κ3) is 4.18. The predicted molar refractivity (Wildman–Crippen MR) is 76.3 cm³/mol. The van der Waals surface area contributed by atoms with Crippen LogP contribution in [0.3, 0.4) is 0 Å². The third-order valence-electron chi connectivity index (χ3n) is 2.83. The summed E-state index contributed by atoms with van der Waals surface area (Å²) in [6.45, 7) is 2.36. The zero-order valence-corrected chi connectivity index (χ0v) is 12.4. The van der Waals surface area contributed by atoms with Gasteiger partial charge < -0.3 is 9.64 Å². The zero-order chi connectivity index (χ0) is 15.3. The molecule has 0 saturated heterocycles. The Morgan fingerprint density at radius 3 is 2.75 bits per heavy atom. The number of halogens is 1. The van der Waals surface area contributed by atoms with Gasteiger partial charge in [-0.05, 0) is 12.5 Å². The predicted octanol–water partition coefficient (Wildman–Crippen LogP) is 2.23. The smallest absolute Gasteiger partial charge is 0.270 e. The summed E-state index contributed by atoms with van der Waals surface area (Å²) < 4.78 is 4.91. The number of aryl methyl sites for hydroxylation is 1. The molecule has 0 saturated carbocycles. The van der Waals surface area contributed by atoms with Crippen molar-refractivity contribution in [3.63, 3.8) is 0 Å². The lowest BCUT2D eigenvalue weighted by Gasteiger charge is -2.20. The molecule has 0 N–H and O–H groups in total. The molecule has 1 aromatic carbocycles. The van der Waals surface area contributed by atoms with E-state index in [-0.39, 0.29) is 17.0 Å². The largest absolute Gasteiger partial charge is 0.383 e. The second kappa shape index (κ2) is 7.21. The Labute approximate surface area is 122 Å². The van der Waals surface area contributed by atoms with Crippen molar-refractivity contribution in [1.82, 2.24) is 4.90 Å². The van der Waals surface area contributed by atoms with Gasteiger partial charge in [-0.15, -0.1) is 11.6 Å². The van der Waals surface area contributed by atoms with Crippen LogP contribution < -0.4 is 0 Å². The number of hydrogen-bond donors (Lipinski definition) is 0. The highest BCUT2D eigenvalue weighted by Crippen LogP contribution is 2.19. The molecule has 0 aliphatic heterocycles. The Bertz CT molecular complexity index is 507. The first-order chi connectivity index (χ1) is 9.36. The average Bonchev–Trinajstić information content (AvgIpc) is 2.38. The molecule has 20 heavy (non-hydrogen) atoms. The van der Waals surface area contributed by atoms with Crippen LogP contribution in [0.2, 0.25) is 0 Å². The number of benzene rings is 1. The molecule has 110 valence electrons. The molecule has 0 aliphatic carbocycles. The summed E-state index contributed by atoms with van der Waals surface area (Å²) >= 11 is 6.00. The fourth-order valence-corrected chi connectivity index (χ4v) is 2.11. The Balaban J connectivity index is 2.90. The Morgan fingerprint density at radius 1 is 1.55 bits per heavy atom. The number of nitro groups is 1. The second-order valence-corrected chi connectivity index (χ2v) is 5.11. The van der Waals surface area contributed by atoms with Crippen LogP contribution in [0, 0.1) is 17.0 Å². The van der Waals surface area contributed by atoms with Gasteiger partial charge in [-0.1, -0.05) is 6.07 Å². The molecule has 1 atom stereocenters. The lowest BCUT2D eigenvalue weighted by atomic mass is 10.1. The van der Waals surface area contributed by atoms with Crippen LogP contribution in [-0.4, -0.2) is 48.4 Å². The topological polar surface area (TPSA) is 72.7 Å². The molecule has 0 radical (unpaired) electrons. The van der Waals surface area contributed by atoms with Crippen LogP contribution in [0.5, 0.6) is 0 Å². The van der Waals surface area contributed by atoms with Gasteiger partial charge in [-0.25, -0.2) is 0 Å². The van der Waals surface area contributed by atoms with E-state index in [9.17, 15) is 14.9 Å². The summed E-state index contributed by atoms with van der Waals surface area (Å²) in [6.07, 6.45) is 0. The van der Waals surface area contributed by atoms with E-state index in [1.807, 2.05) is 0 Å². The summed E-state index contributed by atoms with van der Waals surface area (Å²) in [7, 11) is 3.13. The molecule has 0 aliphatic rings. The Morgan fingerprint density at radius 2 is 2.20 bits per heavy atom. The molecule has 0 fully saturated rings. The van der Waals surface area contributed by atoms with Crippen molar-refractivity contribution in [2.24, 2.45) is 0 Å². The van der Waals surface area contributed by atoms with Crippen molar-refractivity contribution in [1.29, 1.82) is 0 Å². The number of amides is 1. The SMILES string of the molecule is COCC(Cl)CN(C)C(=O)c1cc([N+](=O)[O-])ccc1C. The highest BCUT2D eigenvalue weighted by molar-refractivity contribution is 6.21. The molecule has 0 heterocycles. The lowest BCUT2D eigenvalue weighted by Crippen LogP contribution is -2.34. The van der Waals surface area contributed by atoms with Gasteiger partial charge in [0.2, 0.25) is 0 Å². The molecule has 1 unspecified atom stereocenters. The molecular formula is C13H17ClN2O4. The molecule has 6 nitrogen and oxygen atoms in total. The maximum Gasteiger partial charge on any atom is 0.270 e. The number of hydrogen-bond acceptors (Lipinski definition) is 4. The number of nitro benzene ring substituents is 1. The van der Waals surface area contributed by atoms with Crippen LogP contribution in [0.1, 0.15) is 15.9 Å². The number of carbonyl (C=O) groups is 1. The van der Waals surface area contributed by atoms with E-state index in [1.54, 1.807) is 20.0 Å². The Hall–Kier alpha value is -1.66. The minimum Gasteiger partial charge on any atom is -0.383 e. The van der Waals surface area contributed by atoms with Gasteiger partial charge in [0, 0.05) is 38.4 Å². The van der Waals surface area contributed by atoms with Crippen LogP contribution in [0.4, 0.5) is 5.69 Å². The van der Waals surface area contributed by atoms with Gasteiger partial charge in [-0.2, -0.15) is 0 Å². The quantitative estimate of drug-likeness (QED) is 0.459. The summed E-state index contributed by atoms with van der Waals surface area (Å²) in [5, 5.41) is 10.4. The number of alkyl halides is 1. The van der Waals surface area contributed by atoms with E-state index in [0.717, 1.165) is 0 Å². The maximum atomic E-state index is 12.3. The number of rotatable bonds is 6. The normalized spacial score (nSPS) is 12.0. The van der Waals surface area contributed by atoms with Crippen molar-refractivity contribution in [3.8, 4) is 0 Å². The Kier molecular flexibility index (Phi) is 5.91. The summed E-state index contributed by atoms with van der Waals surface area (Å²) in [5.74, 6) is -0.298. The molecular weight excluding hydrogens is 284 g/mol. The minimum absolute atomic E-state index is 0.105. The third-order valence-corrected chi connectivity index (χ3v) is 3.09. The maximum absolute atomic E-state index is 12.3. The van der Waals surface area contributed by atoms with E-state index in [2.05, 4.69) is 0 Å². The van der Waals surface area contributed by atoms with Crippen molar-refractivity contribution >= 4 is 23.2 Å². The van der Waals surface area contributed by atoms with Gasteiger partial charge in [0.1, 0.15) is 0 Å². The van der Waals surface area contributed by atoms with Gasteiger partial charge in [0.25, 0.3) is 11.6 Å². The van der Waals surface area contributed by atoms with Crippen molar-refractivity contribution in [2.45, 2.75) is 12.3 Å². The van der Waals surface area contributed by atoms with Gasteiger partial charge >= 0.3 is 0 Å². The van der Waals surface area contributed by atoms with E-state index in [0.29, 0.717) is 24.3 Å². The first-order valence-electron chi connectivity index (χ1n) is 6.00. The number of ether oxygens (including phenoxy) is 1. The van der Waals surface area contributed by atoms with Crippen molar-refractivity contribution in [3.05, 3.63) is 39.4 Å². The summed E-state index contributed by atoms with van der Waals surface area (Å²) in [4.78, 5) is 24.0. The van der Waals surface area contributed by atoms with Crippen molar-refractivity contribution in [2.75, 3.05) is 27.3 Å². The van der Waals surface area contributed by atoms with Gasteiger partial charge in [-0.3, -0.25) is 14.9 Å². The highest BCUT2D eigenvalue weighted by atomic mass is 35.5. The molecule has 0 bridgehead atoms. The van der Waals surface area contributed by atoms with Gasteiger partial charge in [0.15, 0.2) is 0 Å². The van der Waals surface area contributed by atoms with Crippen LogP contribution in [0.15, 0.2) is 18.2 Å². The van der Waals surface area contributed by atoms with Gasteiger partial charge in [0.05, 0.1) is 16.9 Å². The first kappa shape index (κ1) is 16.4. The average molecular weight is 301 g/mol. The monoisotopic (exact) mass is 300 g/mol. The molecule has 0 aromatic heterocycles. The van der Waals surface area contributed by atoms with Crippen molar-refractivity contribution < 1.29 is 14.5 Å². The number of carbonyl (C=O) groups excluding carboxylic acids is 1. The first-order valence-corrected chi connectivity index (χ1v) is 6.44. The number of nitrogens with zero attached hydrogens (tertiary/aromatic N) is 2. The molecule has 0 spiro atoms. The van der Waals surface area contributed by atoms with Crippen LogP contribution >= 0.6 is 11.6 Å². The fraction of sp³-hybridized carbons (Fsp3) is 0.462. The molecule has 1 aromatic rings. The highest BCUT2D eigenvalue weighted by Gasteiger charge is 2.19. The molecule has 1 amide bonds. The van der Waals surface area contributed by atoms with E-state index in [4.69, 9.17) is 16.3 Å². The van der Waals surface area contributed by atoms with Crippen LogP contribution in [-0.2, 0) is 4.74 Å². The standard InChI is InChI=1S/C13H17ClN2O4/c1-9-4-5-11(16(18)19)6-12(9)13(17)15(2)7-10(14)8-20-3/h4-6,10H,7-8H2,1-3H3. The second-order valence-electron chi connectivity index (χ2n) is 4.49. The van der Waals surface area contributed by atoms with E-state index >= 15 is 0 Å².